The van der Waals surface area contributed by atoms with Crippen molar-refractivity contribution >= 4 is 22.7 Å². The third-order valence-corrected chi connectivity index (χ3v) is 3.02. The fourth-order valence-electron chi connectivity index (χ4n) is 2.00. The van der Waals surface area contributed by atoms with E-state index in [9.17, 15) is 14.0 Å². The number of benzene rings is 2. The molecule has 0 atom stereocenters. The number of imidazole rings is 1. The molecule has 102 valence electrons. The first-order chi connectivity index (χ1) is 10.2. The molecule has 3 rings (SSSR count). The molecule has 21 heavy (non-hydrogen) atoms. The maximum absolute atomic E-state index is 13.2. The molecular formula is C16H9F2N3. The fourth-order valence-corrected chi connectivity index (χ4v) is 2.00. The van der Waals surface area contributed by atoms with E-state index in [1.807, 2.05) is 30.3 Å². The van der Waals surface area contributed by atoms with Gasteiger partial charge < -0.3 is 4.98 Å². The van der Waals surface area contributed by atoms with Crippen LogP contribution in [-0.2, 0) is 0 Å². The number of rotatable bonds is 2. The molecule has 3 aromatic rings. The number of aromatic nitrogens is 2. The van der Waals surface area contributed by atoms with E-state index >= 15 is 0 Å². The number of fused-ring (bicyclic) bond motifs is 1. The number of nitrogens with zero attached hydrogens (tertiary/aromatic N) is 2. The molecule has 0 aliphatic heterocycles. The average Bonchev–Trinajstić information content (AvgIpc) is 2.92. The molecule has 0 aliphatic rings. The van der Waals surface area contributed by atoms with Crippen LogP contribution in [-0.4, -0.2) is 9.97 Å². The van der Waals surface area contributed by atoms with Crippen molar-refractivity contribution in [3.63, 3.8) is 0 Å². The summed E-state index contributed by atoms with van der Waals surface area (Å²) in [6.45, 7) is 0. The molecule has 5 heteroatoms. The monoisotopic (exact) mass is 281 g/mol. The van der Waals surface area contributed by atoms with Gasteiger partial charge in [0.05, 0.1) is 16.6 Å². The van der Waals surface area contributed by atoms with Gasteiger partial charge in [-0.15, -0.1) is 0 Å². The number of nitrogens with one attached hydrogen (secondary N) is 1. The van der Waals surface area contributed by atoms with E-state index < -0.39 is 11.6 Å². The van der Waals surface area contributed by atoms with Gasteiger partial charge in [-0.3, -0.25) is 0 Å². The van der Waals surface area contributed by atoms with Gasteiger partial charge in [-0.2, -0.15) is 5.26 Å². The van der Waals surface area contributed by atoms with Crippen molar-refractivity contribution in [2.45, 2.75) is 0 Å². The van der Waals surface area contributed by atoms with Gasteiger partial charge in [-0.05, 0) is 35.9 Å². The Morgan fingerprint density at radius 2 is 1.95 bits per heavy atom. The summed E-state index contributed by atoms with van der Waals surface area (Å²) >= 11 is 0. The molecule has 0 amide bonds. The Balaban J connectivity index is 2.06. The Morgan fingerprint density at radius 3 is 2.67 bits per heavy atom. The minimum absolute atomic E-state index is 0.247. The molecule has 0 spiro atoms. The summed E-state index contributed by atoms with van der Waals surface area (Å²) < 4.78 is 26.1. The number of para-hydroxylation sites is 2. The topological polar surface area (TPSA) is 52.5 Å². The van der Waals surface area contributed by atoms with Crippen molar-refractivity contribution < 1.29 is 8.78 Å². The molecule has 0 unspecified atom stereocenters. The second-order valence-corrected chi connectivity index (χ2v) is 4.45. The molecular weight excluding hydrogens is 272 g/mol. The Bertz CT molecular complexity index is 855. The lowest BCUT2D eigenvalue weighted by Gasteiger charge is -1.97. The summed E-state index contributed by atoms with van der Waals surface area (Å²) in [4.78, 5) is 7.33. The minimum Gasteiger partial charge on any atom is -0.337 e. The first-order valence-electron chi connectivity index (χ1n) is 6.19. The van der Waals surface area contributed by atoms with Crippen LogP contribution in [0.1, 0.15) is 11.4 Å². The first-order valence-corrected chi connectivity index (χ1v) is 6.19. The fraction of sp³-hybridized carbons (Fsp3) is 0. The molecule has 1 heterocycles. The SMILES string of the molecule is N#C/C(=C\c1ccc(F)c(F)c1)c1nc2ccccc2[nH]1. The van der Waals surface area contributed by atoms with Crippen molar-refractivity contribution in [3.8, 4) is 6.07 Å². The van der Waals surface area contributed by atoms with Crippen LogP contribution in [0.5, 0.6) is 0 Å². The Hall–Kier alpha value is -3.00. The van der Waals surface area contributed by atoms with Gasteiger partial charge in [0, 0.05) is 0 Å². The molecule has 3 nitrogen and oxygen atoms in total. The van der Waals surface area contributed by atoms with Crippen LogP contribution in [0.4, 0.5) is 8.78 Å². The van der Waals surface area contributed by atoms with Crippen LogP contribution in [0.15, 0.2) is 42.5 Å². The molecule has 0 aliphatic carbocycles. The van der Waals surface area contributed by atoms with E-state index in [2.05, 4.69) is 9.97 Å². The number of allylic oxidation sites excluding steroid dienone is 1. The van der Waals surface area contributed by atoms with Crippen molar-refractivity contribution in [2.24, 2.45) is 0 Å². The molecule has 2 aromatic carbocycles. The first kappa shape index (κ1) is 13.0. The smallest absolute Gasteiger partial charge is 0.159 e. The molecule has 0 bridgehead atoms. The second kappa shape index (κ2) is 5.17. The number of hydrogen-bond acceptors (Lipinski definition) is 2. The van der Waals surface area contributed by atoms with Crippen molar-refractivity contribution in [1.82, 2.24) is 9.97 Å². The Labute approximate surface area is 119 Å². The summed E-state index contributed by atoms with van der Waals surface area (Å²) in [6, 6.07) is 12.8. The van der Waals surface area contributed by atoms with Gasteiger partial charge >= 0.3 is 0 Å². The highest BCUT2D eigenvalue weighted by Gasteiger charge is 2.08. The van der Waals surface area contributed by atoms with Crippen LogP contribution in [0.25, 0.3) is 22.7 Å². The Morgan fingerprint density at radius 1 is 1.14 bits per heavy atom. The van der Waals surface area contributed by atoms with Crippen molar-refractivity contribution in [1.29, 1.82) is 5.26 Å². The highest BCUT2D eigenvalue weighted by atomic mass is 19.2. The number of nitriles is 1. The third kappa shape index (κ3) is 2.51. The van der Waals surface area contributed by atoms with E-state index in [1.165, 1.54) is 12.1 Å². The lowest BCUT2D eigenvalue weighted by molar-refractivity contribution is 0.508. The van der Waals surface area contributed by atoms with Gasteiger partial charge in [0.2, 0.25) is 0 Å². The third-order valence-electron chi connectivity index (χ3n) is 3.02. The quantitative estimate of drug-likeness (QED) is 0.724. The van der Waals surface area contributed by atoms with Crippen LogP contribution < -0.4 is 0 Å². The predicted octanol–water partition coefficient (Wildman–Crippen LogP) is 3.91. The van der Waals surface area contributed by atoms with Gasteiger partial charge in [-0.1, -0.05) is 18.2 Å². The highest BCUT2D eigenvalue weighted by Crippen LogP contribution is 2.20. The van der Waals surface area contributed by atoms with E-state index in [0.717, 1.165) is 23.2 Å². The van der Waals surface area contributed by atoms with Gasteiger partial charge in [0.1, 0.15) is 11.9 Å². The lowest BCUT2D eigenvalue weighted by atomic mass is 10.1. The highest BCUT2D eigenvalue weighted by molar-refractivity contribution is 5.90. The normalized spacial score (nSPS) is 11.6. The average molecular weight is 281 g/mol. The van der Waals surface area contributed by atoms with E-state index in [0.29, 0.717) is 11.4 Å². The zero-order valence-corrected chi connectivity index (χ0v) is 10.8. The second-order valence-electron chi connectivity index (χ2n) is 4.45. The molecule has 0 saturated carbocycles. The molecule has 1 aromatic heterocycles. The largest absolute Gasteiger partial charge is 0.337 e. The van der Waals surface area contributed by atoms with Crippen LogP contribution in [0.2, 0.25) is 0 Å². The lowest BCUT2D eigenvalue weighted by Crippen LogP contribution is -1.87. The zero-order valence-electron chi connectivity index (χ0n) is 10.8. The maximum Gasteiger partial charge on any atom is 0.159 e. The maximum atomic E-state index is 13.2. The van der Waals surface area contributed by atoms with Gasteiger partial charge in [0.25, 0.3) is 0 Å². The number of H-pyrrole nitrogens is 1. The summed E-state index contributed by atoms with van der Waals surface area (Å²) in [5.41, 5.74) is 2.18. The molecule has 0 fully saturated rings. The molecule has 1 N–H and O–H groups in total. The summed E-state index contributed by atoms with van der Waals surface area (Å²) in [7, 11) is 0. The van der Waals surface area contributed by atoms with Crippen LogP contribution >= 0.6 is 0 Å². The van der Waals surface area contributed by atoms with E-state index in [4.69, 9.17) is 0 Å². The van der Waals surface area contributed by atoms with Gasteiger partial charge in [-0.25, -0.2) is 13.8 Å². The van der Waals surface area contributed by atoms with E-state index in [1.54, 1.807) is 0 Å². The van der Waals surface area contributed by atoms with Gasteiger partial charge in [0.15, 0.2) is 11.6 Å². The molecule has 0 saturated heterocycles. The van der Waals surface area contributed by atoms with Crippen molar-refractivity contribution in [2.75, 3.05) is 0 Å². The van der Waals surface area contributed by atoms with Crippen molar-refractivity contribution in [3.05, 3.63) is 65.5 Å². The standard InChI is InChI=1S/C16H9F2N3/c17-12-6-5-10(8-13(12)18)7-11(9-19)16-20-14-3-1-2-4-15(14)21-16/h1-8H,(H,20,21)/b11-7+. The number of halogens is 2. The summed E-state index contributed by atoms with van der Waals surface area (Å²) in [5, 5.41) is 9.24. The number of aromatic amines is 1. The van der Waals surface area contributed by atoms with Crippen LogP contribution in [0, 0.1) is 23.0 Å². The molecule has 0 radical (unpaired) electrons. The zero-order chi connectivity index (χ0) is 14.8. The minimum atomic E-state index is -0.953. The summed E-state index contributed by atoms with van der Waals surface area (Å²) in [6.07, 6.45) is 1.46. The van der Waals surface area contributed by atoms with Crippen LogP contribution in [0.3, 0.4) is 0 Å². The van der Waals surface area contributed by atoms with E-state index in [-0.39, 0.29) is 5.57 Å². The number of hydrogen-bond donors (Lipinski definition) is 1. The predicted molar refractivity (Wildman–Crippen MR) is 75.9 cm³/mol. The summed E-state index contributed by atoms with van der Waals surface area (Å²) in [5.74, 6) is -1.48. The Kier molecular flexibility index (Phi) is 3.20.